The lowest BCUT2D eigenvalue weighted by atomic mass is 10.1. The number of hydrogen-bond acceptors (Lipinski definition) is 5. The summed E-state index contributed by atoms with van der Waals surface area (Å²) < 4.78 is 40.7. The Labute approximate surface area is 185 Å². The first kappa shape index (κ1) is 20.0. The second kappa shape index (κ2) is 7.18. The number of nitrogens with one attached hydrogen (secondary N) is 1. The summed E-state index contributed by atoms with van der Waals surface area (Å²) in [5.74, 6) is -0.764. The lowest BCUT2D eigenvalue weighted by molar-refractivity contribution is 0.102. The lowest BCUT2D eigenvalue weighted by Gasteiger charge is -2.17. The van der Waals surface area contributed by atoms with E-state index in [0.29, 0.717) is 35.4 Å². The molecular formula is C24H27F2N3O3. The number of benzene rings is 1. The van der Waals surface area contributed by atoms with Crippen LogP contribution in [-0.4, -0.2) is 30.1 Å². The molecule has 4 aliphatic rings. The Morgan fingerprint density at radius 1 is 1.22 bits per heavy atom. The summed E-state index contributed by atoms with van der Waals surface area (Å²) in [6.07, 6.45) is 6.86. The van der Waals surface area contributed by atoms with Crippen molar-refractivity contribution in [1.29, 1.82) is 0 Å². The predicted octanol–water partition coefficient (Wildman–Crippen LogP) is 4.94. The van der Waals surface area contributed by atoms with Crippen LogP contribution in [0, 0.1) is 28.9 Å². The topological polar surface area (TPSA) is 67.6 Å². The molecule has 2 aromatic rings. The van der Waals surface area contributed by atoms with Gasteiger partial charge in [-0.2, -0.15) is 4.98 Å². The number of carbonyl (C=O) groups excluding carboxylic acids is 1. The Bertz CT molecular complexity index is 1050. The summed E-state index contributed by atoms with van der Waals surface area (Å²) in [4.78, 5) is 19.4. The molecule has 1 saturated heterocycles. The molecule has 3 aliphatic carbocycles. The van der Waals surface area contributed by atoms with Crippen molar-refractivity contribution in [1.82, 2.24) is 4.98 Å². The highest BCUT2D eigenvalue weighted by atomic mass is 19.1. The molecule has 6 nitrogen and oxygen atoms in total. The van der Waals surface area contributed by atoms with Gasteiger partial charge in [0.1, 0.15) is 5.76 Å². The molecule has 0 bridgehead atoms. The molecule has 32 heavy (non-hydrogen) atoms. The van der Waals surface area contributed by atoms with Gasteiger partial charge in [0, 0.05) is 37.3 Å². The minimum Gasteiger partial charge on any atom is -0.484 e. The lowest BCUT2D eigenvalue weighted by Crippen LogP contribution is -2.21. The van der Waals surface area contributed by atoms with E-state index < -0.39 is 17.5 Å². The Morgan fingerprint density at radius 3 is 2.56 bits per heavy atom. The highest BCUT2D eigenvalue weighted by Crippen LogP contribution is 2.54. The first-order valence-electron chi connectivity index (χ1n) is 11.6. The highest BCUT2D eigenvalue weighted by Gasteiger charge is 2.49. The molecule has 3 saturated carbocycles. The average Bonchev–Trinajstić information content (AvgIpc) is 3.48. The van der Waals surface area contributed by atoms with Crippen LogP contribution in [0.15, 0.2) is 16.5 Å². The van der Waals surface area contributed by atoms with E-state index in [4.69, 9.17) is 9.15 Å². The third-order valence-electron chi connectivity index (χ3n) is 7.63. The third-order valence-corrected chi connectivity index (χ3v) is 7.63. The SMILES string of the molecule is CCc1oc(N2CCC3(CC3)C2)nc1C(=O)Nc1cc(F)c(OC2CC3CC3C2)c(F)c1. The number of ether oxygens (including phenoxy) is 1. The number of aromatic nitrogens is 1. The number of oxazole rings is 1. The van der Waals surface area contributed by atoms with Gasteiger partial charge in [-0.25, -0.2) is 8.78 Å². The molecule has 1 amide bonds. The maximum atomic E-state index is 14.6. The largest absolute Gasteiger partial charge is 0.484 e. The summed E-state index contributed by atoms with van der Waals surface area (Å²) in [6.45, 7) is 3.65. The van der Waals surface area contributed by atoms with Gasteiger partial charge in [0.15, 0.2) is 23.1 Å². The summed E-state index contributed by atoms with van der Waals surface area (Å²) >= 11 is 0. The van der Waals surface area contributed by atoms with Crippen LogP contribution in [0.5, 0.6) is 5.75 Å². The van der Waals surface area contributed by atoms with Gasteiger partial charge in [-0.05, 0) is 55.8 Å². The molecule has 2 heterocycles. The number of halogens is 2. The maximum absolute atomic E-state index is 14.6. The minimum atomic E-state index is -0.816. The molecule has 1 aliphatic heterocycles. The van der Waals surface area contributed by atoms with Gasteiger partial charge in [-0.1, -0.05) is 6.92 Å². The van der Waals surface area contributed by atoms with Crippen LogP contribution in [0.25, 0.3) is 0 Å². The zero-order chi connectivity index (χ0) is 22.0. The Balaban J connectivity index is 1.17. The van der Waals surface area contributed by atoms with E-state index in [0.717, 1.165) is 44.5 Å². The van der Waals surface area contributed by atoms with Crippen LogP contribution in [0.4, 0.5) is 20.5 Å². The first-order valence-corrected chi connectivity index (χ1v) is 11.6. The van der Waals surface area contributed by atoms with E-state index in [1.165, 1.54) is 19.3 Å². The van der Waals surface area contributed by atoms with E-state index >= 15 is 0 Å². The third kappa shape index (κ3) is 3.53. The van der Waals surface area contributed by atoms with Crippen molar-refractivity contribution in [3.05, 3.63) is 35.2 Å². The normalized spacial score (nSPS) is 27.0. The molecule has 1 N–H and O–H groups in total. The monoisotopic (exact) mass is 443 g/mol. The van der Waals surface area contributed by atoms with Crippen LogP contribution < -0.4 is 15.0 Å². The number of carbonyl (C=O) groups is 1. The first-order chi connectivity index (χ1) is 15.4. The Hall–Kier alpha value is -2.64. The molecule has 1 aromatic carbocycles. The number of amides is 1. The average molecular weight is 443 g/mol. The van der Waals surface area contributed by atoms with Crippen molar-refractivity contribution in [2.45, 2.75) is 58.0 Å². The fourth-order valence-corrected chi connectivity index (χ4v) is 5.43. The molecular weight excluding hydrogens is 416 g/mol. The summed E-state index contributed by atoms with van der Waals surface area (Å²) in [6, 6.07) is 2.64. The highest BCUT2D eigenvalue weighted by molar-refractivity contribution is 6.03. The van der Waals surface area contributed by atoms with E-state index in [2.05, 4.69) is 15.2 Å². The van der Waals surface area contributed by atoms with Gasteiger partial charge in [0.05, 0.1) is 6.10 Å². The van der Waals surface area contributed by atoms with Crippen LogP contribution in [0.1, 0.15) is 61.7 Å². The number of fused-ring (bicyclic) bond motifs is 1. The van der Waals surface area contributed by atoms with Crippen molar-refractivity contribution in [2.24, 2.45) is 17.3 Å². The molecule has 2 unspecified atom stereocenters. The van der Waals surface area contributed by atoms with E-state index in [-0.39, 0.29) is 23.2 Å². The molecule has 1 aromatic heterocycles. The van der Waals surface area contributed by atoms with Gasteiger partial charge >= 0.3 is 0 Å². The van der Waals surface area contributed by atoms with Crippen molar-refractivity contribution in [3.8, 4) is 5.75 Å². The number of nitrogens with zero attached hydrogens (tertiary/aromatic N) is 2. The second-order valence-corrected chi connectivity index (χ2v) is 9.98. The Kier molecular flexibility index (Phi) is 4.49. The number of hydrogen-bond donors (Lipinski definition) is 1. The van der Waals surface area contributed by atoms with Gasteiger partial charge in [-0.3, -0.25) is 4.79 Å². The second-order valence-electron chi connectivity index (χ2n) is 9.98. The number of rotatable bonds is 6. The minimum absolute atomic E-state index is 0.0244. The molecule has 2 atom stereocenters. The predicted molar refractivity (Wildman–Crippen MR) is 114 cm³/mol. The molecule has 8 heteroatoms. The standard InChI is InChI=1S/C24H27F2N3O3/c1-2-19-20(28-23(32-19)29-6-5-24(12-29)3-4-24)22(30)27-15-10-17(25)21(18(26)11-15)31-16-8-13-7-14(13)9-16/h10-11,13-14,16H,2-9,12H2,1H3,(H,27,30). The molecule has 6 rings (SSSR count). The molecule has 4 fully saturated rings. The fraction of sp³-hybridized carbons (Fsp3) is 0.583. The van der Waals surface area contributed by atoms with Gasteiger partial charge < -0.3 is 19.4 Å². The Morgan fingerprint density at radius 2 is 1.94 bits per heavy atom. The van der Waals surface area contributed by atoms with Crippen LogP contribution in [0.2, 0.25) is 0 Å². The van der Waals surface area contributed by atoms with Crippen molar-refractivity contribution in [3.63, 3.8) is 0 Å². The van der Waals surface area contributed by atoms with Gasteiger partial charge in [-0.15, -0.1) is 0 Å². The smallest absolute Gasteiger partial charge is 0.298 e. The molecule has 0 radical (unpaired) electrons. The fourth-order valence-electron chi connectivity index (χ4n) is 5.43. The maximum Gasteiger partial charge on any atom is 0.298 e. The number of anilines is 2. The molecule has 1 spiro atoms. The zero-order valence-corrected chi connectivity index (χ0v) is 18.1. The summed E-state index contributed by atoms with van der Waals surface area (Å²) in [7, 11) is 0. The van der Waals surface area contributed by atoms with E-state index in [1.54, 1.807) is 0 Å². The van der Waals surface area contributed by atoms with Crippen LogP contribution in [0.3, 0.4) is 0 Å². The summed E-state index contributed by atoms with van der Waals surface area (Å²) in [5, 5.41) is 2.57. The van der Waals surface area contributed by atoms with Crippen LogP contribution >= 0.6 is 0 Å². The molecule has 170 valence electrons. The number of aryl methyl sites for hydroxylation is 1. The summed E-state index contributed by atoms with van der Waals surface area (Å²) in [5.41, 5.74) is 0.586. The van der Waals surface area contributed by atoms with E-state index in [9.17, 15) is 13.6 Å². The van der Waals surface area contributed by atoms with Crippen molar-refractivity contribution >= 4 is 17.6 Å². The zero-order valence-electron chi connectivity index (χ0n) is 18.1. The quantitative estimate of drug-likeness (QED) is 0.685. The van der Waals surface area contributed by atoms with Crippen molar-refractivity contribution < 1.29 is 22.7 Å². The van der Waals surface area contributed by atoms with Crippen LogP contribution in [-0.2, 0) is 6.42 Å². The van der Waals surface area contributed by atoms with E-state index in [1.807, 2.05) is 6.92 Å². The van der Waals surface area contributed by atoms with Gasteiger partial charge in [0.2, 0.25) is 0 Å². The van der Waals surface area contributed by atoms with Gasteiger partial charge in [0.25, 0.3) is 11.9 Å². The van der Waals surface area contributed by atoms with Crippen molar-refractivity contribution in [2.75, 3.05) is 23.3 Å².